The van der Waals surface area contributed by atoms with Crippen LogP contribution in [0.5, 0.6) is 5.75 Å². The number of anilines is 2. The highest BCUT2D eigenvalue weighted by Gasteiger charge is 2.30. The molecule has 0 aliphatic carbocycles. The van der Waals surface area contributed by atoms with Gasteiger partial charge in [-0.3, -0.25) is 9.59 Å². The number of amides is 2. The van der Waals surface area contributed by atoms with Gasteiger partial charge in [0.25, 0.3) is 11.8 Å². The van der Waals surface area contributed by atoms with Gasteiger partial charge in [-0.1, -0.05) is 48.5 Å². The average molecular weight is 470 g/mol. The lowest BCUT2D eigenvalue weighted by atomic mass is 10.2. The third-order valence-electron chi connectivity index (χ3n) is 6.15. The van der Waals surface area contributed by atoms with Crippen molar-refractivity contribution in [1.29, 1.82) is 0 Å². The second-order valence-electron chi connectivity index (χ2n) is 8.48. The smallest absolute Gasteiger partial charge is 0.291 e. The van der Waals surface area contributed by atoms with E-state index in [1.54, 1.807) is 30.0 Å². The Morgan fingerprint density at radius 3 is 2.20 bits per heavy atom. The van der Waals surface area contributed by atoms with E-state index in [4.69, 9.17) is 9.15 Å². The highest BCUT2D eigenvalue weighted by Crippen LogP contribution is 2.32. The fraction of sp³-hybridized carbons (Fsp3) is 0.214. The molecule has 1 aromatic heterocycles. The number of rotatable bonds is 6. The summed E-state index contributed by atoms with van der Waals surface area (Å²) in [5.74, 6) is 0.142. The number of fused-ring (bicyclic) bond motifs is 1. The number of nitrogens with zero attached hydrogens (tertiary/aromatic N) is 2. The van der Waals surface area contributed by atoms with Crippen LogP contribution in [0.2, 0.25) is 0 Å². The predicted octanol–water partition coefficient (Wildman–Crippen LogP) is 4.80. The van der Waals surface area contributed by atoms with E-state index >= 15 is 0 Å². The number of carbonyl (C=O) groups is 2. The minimum absolute atomic E-state index is 0.139. The lowest BCUT2D eigenvalue weighted by Crippen LogP contribution is -2.48. The molecule has 35 heavy (non-hydrogen) atoms. The molecule has 3 aromatic carbocycles. The maximum Gasteiger partial charge on any atom is 0.291 e. The van der Waals surface area contributed by atoms with Crippen LogP contribution in [0.15, 0.2) is 89.3 Å². The SMILES string of the molecule is C[C@@H](Oc1ccccc1)C(=O)Nc1c(C(=O)N2CCN(c3ccccc3)CC2)oc2ccccc12. The van der Waals surface area contributed by atoms with E-state index in [9.17, 15) is 9.59 Å². The van der Waals surface area contributed by atoms with Crippen LogP contribution in [0, 0.1) is 0 Å². The van der Waals surface area contributed by atoms with Gasteiger partial charge in [-0.05, 0) is 43.3 Å². The van der Waals surface area contributed by atoms with Crippen LogP contribution in [0.4, 0.5) is 11.4 Å². The molecular formula is C28H27N3O4. The van der Waals surface area contributed by atoms with Crippen molar-refractivity contribution in [3.05, 3.63) is 90.7 Å². The van der Waals surface area contributed by atoms with E-state index in [0.29, 0.717) is 35.5 Å². The average Bonchev–Trinajstić information content (AvgIpc) is 3.27. The zero-order valence-electron chi connectivity index (χ0n) is 19.5. The van der Waals surface area contributed by atoms with Crippen LogP contribution in [-0.2, 0) is 4.79 Å². The summed E-state index contributed by atoms with van der Waals surface area (Å²) in [6.07, 6.45) is -0.761. The van der Waals surface area contributed by atoms with Gasteiger partial charge in [0.1, 0.15) is 17.0 Å². The standard InChI is InChI=1S/C28H27N3O4/c1-20(34-22-12-6-3-7-13-22)27(32)29-25-23-14-8-9-15-24(23)35-26(25)28(33)31-18-16-30(17-19-31)21-10-4-2-5-11-21/h2-15,20H,16-19H2,1H3,(H,29,32)/t20-/m1/s1. The van der Waals surface area contributed by atoms with Crippen LogP contribution in [0.3, 0.4) is 0 Å². The molecule has 0 radical (unpaired) electrons. The molecule has 1 fully saturated rings. The molecule has 178 valence electrons. The second-order valence-corrected chi connectivity index (χ2v) is 8.48. The van der Waals surface area contributed by atoms with Crippen LogP contribution in [-0.4, -0.2) is 49.0 Å². The molecule has 0 unspecified atom stereocenters. The van der Waals surface area contributed by atoms with Gasteiger partial charge < -0.3 is 24.3 Å². The van der Waals surface area contributed by atoms with Crippen molar-refractivity contribution in [3.8, 4) is 5.75 Å². The predicted molar refractivity (Wildman–Crippen MR) is 136 cm³/mol. The molecule has 7 heteroatoms. The van der Waals surface area contributed by atoms with Gasteiger partial charge in [-0.15, -0.1) is 0 Å². The molecule has 0 saturated carbocycles. The van der Waals surface area contributed by atoms with Gasteiger partial charge >= 0.3 is 0 Å². The van der Waals surface area contributed by atoms with E-state index < -0.39 is 6.10 Å². The molecule has 2 heterocycles. The van der Waals surface area contributed by atoms with Gasteiger partial charge in [0.15, 0.2) is 6.10 Å². The topological polar surface area (TPSA) is 75.0 Å². The number of carbonyl (C=O) groups excluding carboxylic acids is 2. The zero-order chi connectivity index (χ0) is 24.2. The van der Waals surface area contributed by atoms with E-state index in [-0.39, 0.29) is 17.6 Å². The number of benzene rings is 3. The first-order chi connectivity index (χ1) is 17.1. The number of nitrogens with one attached hydrogen (secondary N) is 1. The summed E-state index contributed by atoms with van der Waals surface area (Å²) in [5, 5.41) is 3.57. The monoisotopic (exact) mass is 469 g/mol. The molecular weight excluding hydrogens is 442 g/mol. The Bertz CT molecular complexity index is 1310. The Labute approximate surface area is 203 Å². The summed E-state index contributed by atoms with van der Waals surface area (Å²) in [6, 6.07) is 26.6. The normalized spacial score (nSPS) is 14.5. The molecule has 1 N–H and O–H groups in total. The van der Waals surface area contributed by atoms with E-state index in [1.807, 2.05) is 54.6 Å². The molecule has 1 atom stereocenters. The summed E-state index contributed by atoms with van der Waals surface area (Å²) in [4.78, 5) is 30.5. The Balaban J connectivity index is 1.34. The zero-order valence-corrected chi connectivity index (χ0v) is 19.5. The molecule has 2 amide bonds. The third kappa shape index (κ3) is 4.84. The Kier molecular flexibility index (Phi) is 6.39. The number of piperazine rings is 1. The molecule has 7 nitrogen and oxygen atoms in total. The number of hydrogen-bond acceptors (Lipinski definition) is 5. The second kappa shape index (κ2) is 9.93. The maximum absolute atomic E-state index is 13.5. The highest BCUT2D eigenvalue weighted by atomic mass is 16.5. The number of ether oxygens (including phenoxy) is 1. The summed E-state index contributed by atoms with van der Waals surface area (Å²) >= 11 is 0. The van der Waals surface area contributed by atoms with Crippen LogP contribution < -0.4 is 15.0 Å². The molecule has 1 aliphatic heterocycles. The van der Waals surface area contributed by atoms with Gasteiger partial charge in [0.05, 0.1) is 0 Å². The lowest BCUT2D eigenvalue weighted by molar-refractivity contribution is -0.122. The molecule has 1 saturated heterocycles. The number of hydrogen-bond donors (Lipinski definition) is 1. The molecule has 1 aliphatic rings. The van der Waals surface area contributed by atoms with Gasteiger partial charge in [0.2, 0.25) is 5.76 Å². The van der Waals surface area contributed by atoms with Crippen LogP contribution in [0.25, 0.3) is 11.0 Å². The fourth-order valence-electron chi connectivity index (χ4n) is 4.25. The van der Waals surface area contributed by atoms with Crippen LogP contribution >= 0.6 is 0 Å². The molecule has 0 bridgehead atoms. The highest BCUT2D eigenvalue weighted by molar-refractivity contribution is 6.11. The summed E-state index contributed by atoms with van der Waals surface area (Å²) in [5.41, 5.74) is 2.07. The third-order valence-corrected chi connectivity index (χ3v) is 6.15. The first kappa shape index (κ1) is 22.5. The quantitative estimate of drug-likeness (QED) is 0.439. The Morgan fingerprint density at radius 1 is 0.857 bits per heavy atom. The van der Waals surface area contributed by atoms with Gasteiger partial charge in [-0.2, -0.15) is 0 Å². The molecule has 5 rings (SSSR count). The van der Waals surface area contributed by atoms with Crippen molar-refractivity contribution in [2.45, 2.75) is 13.0 Å². The van der Waals surface area contributed by atoms with Gasteiger partial charge in [-0.25, -0.2) is 0 Å². The minimum Gasteiger partial charge on any atom is -0.481 e. The summed E-state index contributed by atoms with van der Waals surface area (Å²) in [6.45, 7) is 4.24. The van der Waals surface area contributed by atoms with Crippen molar-refractivity contribution >= 4 is 34.2 Å². The fourth-order valence-corrected chi connectivity index (χ4v) is 4.25. The minimum atomic E-state index is -0.761. The van der Waals surface area contributed by atoms with Gasteiger partial charge in [0, 0.05) is 37.3 Å². The summed E-state index contributed by atoms with van der Waals surface area (Å²) in [7, 11) is 0. The van der Waals surface area contributed by atoms with E-state index in [0.717, 1.165) is 18.8 Å². The number of para-hydroxylation sites is 3. The Morgan fingerprint density at radius 2 is 1.49 bits per heavy atom. The van der Waals surface area contributed by atoms with Crippen molar-refractivity contribution in [3.63, 3.8) is 0 Å². The molecule has 0 spiro atoms. The summed E-state index contributed by atoms with van der Waals surface area (Å²) < 4.78 is 11.7. The lowest BCUT2D eigenvalue weighted by Gasteiger charge is -2.35. The maximum atomic E-state index is 13.5. The first-order valence-electron chi connectivity index (χ1n) is 11.7. The largest absolute Gasteiger partial charge is 0.481 e. The van der Waals surface area contributed by atoms with Crippen molar-refractivity contribution in [1.82, 2.24) is 4.90 Å². The van der Waals surface area contributed by atoms with E-state index in [1.165, 1.54) is 0 Å². The van der Waals surface area contributed by atoms with Crippen LogP contribution in [0.1, 0.15) is 17.5 Å². The van der Waals surface area contributed by atoms with Crippen molar-refractivity contribution in [2.75, 3.05) is 36.4 Å². The van der Waals surface area contributed by atoms with Crippen molar-refractivity contribution < 1.29 is 18.7 Å². The molecule has 4 aromatic rings. The first-order valence-corrected chi connectivity index (χ1v) is 11.7. The van der Waals surface area contributed by atoms with E-state index in [2.05, 4.69) is 22.3 Å². The Hall–Kier alpha value is -4.26. The number of furan rings is 1. The van der Waals surface area contributed by atoms with Crippen molar-refractivity contribution in [2.24, 2.45) is 0 Å².